The van der Waals surface area contributed by atoms with E-state index in [0.29, 0.717) is 21.7 Å². The van der Waals surface area contributed by atoms with Crippen molar-refractivity contribution in [2.75, 3.05) is 0 Å². The largest absolute Gasteiger partial charge is 0.437 e. The molecule has 0 radical (unpaired) electrons. The fourth-order valence-corrected chi connectivity index (χ4v) is 2.56. The summed E-state index contributed by atoms with van der Waals surface area (Å²) in [6, 6.07) is 5.22. The van der Waals surface area contributed by atoms with Crippen molar-refractivity contribution >= 4 is 23.2 Å². The number of aromatic nitrogens is 2. The normalized spacial score (nSPS) is 12.5. The molecule has 0 fully saturated rings. The van der Waals surface area contributed by atoms with Crippen LogP contribution in [0.3, 0.4) is 0 Å². The molecule has 1 unspecified atom stereocenters. The molecule has 0 saturated carbocycles. The summed E-state index contributed by atoms with van der Waals surface area (Å²) in [6.07, 6.45) is 1.62. The molecule has 0 spiro atoms. The van der Waals surface area contributed by atoms with Gasteiger partial charge in [0.05, 0.1) is 10.7 Å². The molecule has 1 aromatic heterocycles. The van der Waals surface area contributed by atoms with Gasteiger partial charge in [-0.15, -0.1) is 0 Å². The maximum absolute atomic E-state index is 6.16. The van der Waals surface area contributed by atoms with Crippen LogP contribution in [0.1, 0.15) is 24.6 Å². The Morgan fingerprint density at radius 3 is 2.71 bits per heavy atom. The van der Waals surface area contributed by atoms with Crippen LogP contribution in [0.25, 0.3) is 0 Å². The number of hydrogen-bond acceptors (Lipinski definition) is 3. The molecule has 4 nitrogen and oxygen atoms in total. The van der Waals surface area contributed by atoms with E-state index in [2.05, 4.69) is 12.0 Å². The fourth-order valence-electron chi connectivity index (χ4n) is 2.11. The summed E-state index contributed by atoms with van der Waals surface area (Å²) in [5.74, 6) is 1.22. The van der Waals surface area contributed by atoms with Crippen LogP contribution < -0.4 is 10.5 Å². The molecule has 114 valence electrons. The van der Waals surface area contributed by atoms with Crippen LogP contribution in [0.5, 0.6) is 11.6 Å². The maximum atomic E-state index is 6.16. The number of benzene rings is 1. The lowest BCUT2D eigenvalue weighted by Gasteiger charge is -2.13. The third kappa shape index (κ3) is 3.70. The van der Waals surface area contributed by atoms with Gasteiger partial charge < -0.3 is 10.5 Å². The van der Waals surface area contributed by atoms with Gasteiger partial charge in [0.25, 0.3) is 0 Å². The second-order valence-corrected chi connectivity index (χ2v) is 5.89. The number of aryl methyl sites for hydroxylation is 2. The predicted molar refractivity (Wildman–Crippen MR) is 86.5 cm³/mol. The van der Waals surface area contributed by atoms with Crippen LogP contribution >= 0.6 is 23.2 Å². The molecule has 1 aromatic carbocycles. The number of hydrogen-bond donors (Lipinski definition) is 1. The summed E-state index contributed by atoms with van der Waals surface area (Å²) in [6.45, 7) is 4.01. The number of rotatable bonds is 5. The molecule has 2 rings (SSSR count). The van der Waals surface area contributed by atoms with E-state index in [1.807, 2.05) is 14.0 Å². The van der Waals surface area contributed by atoms with E-state index in [-0.39, 0.29) is 6.04 Å². The third-order valence-electron chi connectivity index (χ3n) is 3.38. The molecule has 0 amide bonds. The molecule has 0 aliphatic heterocycles. The zero-order valence-corrected chi connectivity index (χ0v) is 13.9. The van der Waals surface area contributed by atoms with E-state index < -0.39 is 0 Å². The van der Waals surface area contributed by atoms with Gasteiger partial charge in [-0.1, -0.05) is 30.1 Å². The molecule has 0 aliphatic rings. The van der Waals surface area contributed by atoms with E-state index in [0.717, 1.165) is 24.1 Å². The minimum Gasteiger partial charge on any atom is -0.437 e. The highest BCUT2D eigenvalue weighted by molar-refractivity contribution is 6.35. The molecule has 1 heterocycles. The van der Waals surface area contributed by atoms with Gasteiger partial charge >= 0.3 is 0 Å². The smallest absolute Gasteiger partial charge is 0.221 e. The predicted octanol–water partition coefficient (Wildman–Crippen LogP) is 4.11. The lowest BCUT2D eigenvalue weighted by molar-refractivity contribution is 0.424. The number of halogens is 2. The van der Waals surface area contributed by atoms with Gasteiger partial charge in [-0.2, -0.15) is 5.10 Å². The number of ether oxygens (including phenoxy) is 1. The van der Waals surface area contributed by atoms with Gasteiger partial charge in [0.15, 0.2) is 0 Å². The summed E-state index contributed by atoms with van der Waals surface area (Å²) >= 11 is 12.1. The molecule has 6 heteroatoms. The van der Waals surface area contributed by atoms with Gasteiger partial charge in [-0.25, -0.2) is 4.68 Å². The van der Waals surface area contributed by atoms with Crippen molar-refractivity contribution in [2.24, 2.45) is 12.8 Å². The highest BCUT2D eigenvalue weighted by Gasteiger charge is 2.18. The second kappa shape index (κ2) is 6.69. The Morgan fingerprint density at radius 1 is 1.38 bits per heavy atom. The van der Waals surface area contributed by atoms with Crippen molar-refractivity contribution in [3.63, 3.8) is 0 Å². The van der Waals surface area contributed by atoms with Crippen LogP contribution in [-0.2, 0) is 13.5 Å². The quantitative estimate of drug-likeness (QED) is 0.899. The first-order chi connectivity index (χ1) is 9.92. The fraction of sp³-hybridized carbons (Fsp3) is 0.400. The molecular formula is C15H19Cl2N3O. The summed E-state index contributed by atoms with van der Waals surface area (Å²) in [4.78, 5) is 0. The first-order valence-corrected chi connectivity index (χ1v) is 7.59. The van der Waals surface area contributed by atoms with Crippen molar-refractivity contribution in [3.8, 4) is 11.6 Å². The summed E-state index contributed by atoms with van der Waals surface area (Å²) in [7, 11) is 1.84. The summed E-state index contributed by atoms with van der Waals surface area (Å²) in [5, 5.41) is 5.44. The highest BCUT2D eigenvalue weighted by atomic mass is 35.5. The van der Waals surface area contributed by atoms with Crippen LogP contribution in [0.4, 0.5) is 0 Å². The molecule has 0 saturated heterocycles. The van der Waals surface area contributed by atoms with E-state index >= 15 is 0 Å². The minimum atomic E-state index is 0.0796. The van der Waals surface area contributed by atoms with Gasteiger partial charge in [0.2, 0.25) is 5.88 Å². The molecule has 2 aromatic rings. The average molecular weight is 328 g/mol. The van der Waals surface area contributed by atoms with Gasteiger partial charge in [-0.05, 0) is 38.0 Å². The zero-order chi connectivity index (χ0) is 15.6. The number of nitrogens with zero attached hydrogens (tertiary/aromatic N) is 2. The average Bonchev–Trinajstić information content (AvgIpc) is 2.68. The van der Waals surface area contributed by atoms with E-state index in [1.54, 1.807) is 22.9 Å². The Labute approximate surface area is 134 Å². The Kier molecular flexibility index (Phi) is 5.14. The molecular weight excluding hydrogens is 309 g/mol. The maximum Gasteiger partial charge on any atom is 0.221 e. The monoisotopic (exact) mass is 327 g/mol. The topological polar surface area (TPSA) is 53.1 Å². The van der Waals surface area contributed by atoms with Crippen molar-refractivity contribution < 1.29 is 4.74 Å². The van der Waals surface area contributed by atoms with E-state index in [1.165, 1.54) is 0 Å². The van der Waals surface area contributed by atoms with Crippen molar-refractivity contribution in [1.29, 1.82) is 0 Å². The van der Waals surface area contributed by atoms with Gasteiger partial charge in [0, 0.05) is 23.7 Å². The van der Waals surface area contributed by atoms with Crippen LogP contribution in [-0.4, -0.2) is 15.8 Å². The number of nitrogens with two attached hydrogens (primary N) is 1. The molecule has 21 heavy (non-hydrogen) atoms. The third-order valence-corrected chi connectivity index (χ3v) is 3.91. The van der Waals surface area contributed by atoms with Crippen molar-refractivity contribution in [1.82, 2.24) is 9.78 Å². The first kappa shape index (κ1) is 16.1. The lowest BCUT2D eigenvalue weighted by atomic mass is 10.1. The van der Waals surface area contributed by atoms with Crippen molar-refractivity contribution in [2.45, 2.75) is 32.7 Å². The lowest BCUT2D eigenvalue weighted by Crippen LogP contribution is -2.21. The van der Waals surface area contributed by atoms with Gasteiger partial charge in [0.1, 0.15) is 5.75 Å². The molecule has 1 atom stereocenters. The SMILES string of the molecule is CCC(N)Cc1c(C)nn(C)c1Oc1ccc(Cl)cc1Cl. The van der Waals surface area contributed by atoms with Crippen molar-refractivity contribution in [3.05, 3.63) is 39.5 Å². The Balaban J connectivity index is 2.34. The summed E-state index contributed by atoms with van der Waals surface area (Å²) in [5.41, 5.74) is 7.99. The van der Waals surface area contributed by atoms with Crippen LogP contribution in [0.15, 0.2) is 18.2 Å². The highest BCUT2D eigenvalue weighted by Crippen LogP contribution is 2.34. The molecule has 0 aliphatic carbocycles. The Bertz CT molecular complexity index is 640. The van der Waals surface area contributed by atoms with Crippen LogP contribution in [0, 0.1) is 6.92 Å². The molecule has 2 N–H and O–H groups in total. The zero-order valence-electron chi connectivity index (χ0n) is 12.4. The Morgan fingerprint density at radius 2 is 2.10 bits per heavy atom. The minimum absolute atomic E-state index is 0.0796. The standard InChI is InChI=1S/C15H19Cl2N3O/c1-4-11(18)8-12-9(2)19-20(3)15(12)21-14-6-5-10(16)7-13(14)17/h5-7,11H,4,8,18H2,1-3H3. The Hall–Kier alpha value is -1.23. The second-order valence-electron chi connectivity index (χ2n) is 5.04. The summed E-state index contributed by atoms with van der Waals surface area (Å²) < 4.78 is 7.65. The van der Waals surface area contributed by atoms with E-state index in [4.69, 9.17) is 33.7 Å². The van der Waals surface area contributed by atoms with Crippen LogP contribution in [0.2, 0.25) is 10.0 Å². The van der Waals surface area contributed by atoms with E-state index in [9.17, 15) is 0 Å². The first-order valence-electron chi connectivity index (χ1n) is 6.83. The molecule has 0 bridgehead atoms. The van der Waals surface area contributed by atoms with Gasteiger partial charge in [-0.3, -0.25) is 0 Å².